The summed E-state index contributed by atoms with van der Waals surface area (Å²) in [6, 6.07) is 4.39. The second-order valence-corrected chi connectivity index (χ2v) is 4.75. The maximum absolute atomic E-state index is 13.1. The normalized spacial score (nSPS) is 9.63. The SMILES string of the molecule is COC(=O)CCSCc1ccc(F)cc1C#CCO. The Morgan fingerprint density at radius 1 is 1.53 bits per heavy atom. The minimum absolute atomic E-state index is 0.244. The highest BCUT2D eigenvalue weighted by molar-refractivity contribution is 7.98. The van der Waals surface area contributed by atoms with E-state index >= 15 is 0 Å². The van der Waals surface area contributed by atoms with E-state index in [1.165, 1.54) is 19.2 Å². The molecule has 1 N–H and O–H groups in total. The minimum atomic E-state index is -0.356. The predicted molar refractivity (Wildman–Crippen MR) is 73.2 cm³/mol. The van der Waals surface area contributed by atoms with Crippen LogP contribution in [0.4, 0.5) is 4.39 Å². The highest BCUT2D eigenvalue weighted by atomic mass is 32.2. The van der Waals surface area contributed by atoms with Gasteiger partial charge in [0.05, 0.1) is 13.5 Å². The number of rotatable bonds is 5. The molecule has 0 aliphatic heterocycles. The number of ether oxygens (including phenoxy) is 1. The first-order valence-electron chi connectivity index (χ1n) is 5.70. The Kier molecular flexibility index (Phi) is 7.01. The molecule has 0 heterocycles. The third kappa shape index (κ3) is 5.77. The molecule has 0 bridgehead atoms. The largest absolute Gasteiger partial charge is 0.469 e. The van der Waals surface area contributed by atoms with Gasteiger partial charge in [-0.05, 0) is 17.7 Å². The smallest absolute Gasteiger partial charge is 0.306 e. The van der Waals surface area contributed by atoms with E-state index in [4.69, 9.17) is 5.11 Å². The van der Waals surface area contributed by atoms with Crippen LogP contribution in [0.15, 0.2) is 18.2 Å². The average Bonchev–Trinajstić information content (AvgIpc) is 2.42. The zero-order valence-corrected chi connectivity index (χ0v) is 11.4. The van der Waals surface area contributed by atoms with Crippen LogP contribution in [0, 0.1) is 17.7 Å². The first-order chi connectivity index (χ1) is 9.17. The van der Waals surface area contributed by atoms with E-state index in [-0.39, 0.29) is 18.4 Å². The summed E-state index contributed by atoms with van der Waals surface area (Å²) in [5.41, 5.74) is 1.46. The molecule has 0 amide bonds. The van der Waals surface area contributed by atoms with E-state index < -0.39 is 0 Å². The van der Waals surface area contributed by atoms with Crippen molar-refractivity contribution in [2.75, 3.05) is 19.5 Å². The van der Waals surface area contributed by atoms with Gasteiger partial charge < -0.3 is 9.84 Å². The lowest BCUT2D eigenvalue weighted by atomic mass is 10.1. The number of aliphatic hydroxyl groups is 1. The Balaban J connectivity index is 2.59. The molecular formula is C14H15FO3S. The molecule has 1 rings (SSSR count). The van der Waals surface area contributed by atoms with Gasteiger partial charge in [0.25, 0.3) is 0 Å². The van der Waals surface area contributed by atoms with Crippen molar-refractivity contribution in [1.82, 2.24) is 0 Å². The van der Waals surface area contributed by atoms with Crippen molar-refractivity contribution in [1.29, 1.82) is 0 Å². The summed E-state index contributed by atoms with van der Waals surface area (Å²) in [6.45, 7) is -0.258. The van der Waals surface area contributed by atoms with E-state index in [0.29, 0.717) is 23.5 Å². The number of aliphatic hydroxyl groups excluding tert-OH is 1. The van der Waals surface area contributed by atoms with Crippen molar-refractivity contribution in [2.45, 2.75) is 12.2 Å². The molecule has 1 aromatic rings. The Hall–Kier alpha value is -1.51. The molecule has 19 heavy (non-hydrogen) atoms. The zero-order chi connectivity index (χ0) is 14.1. The van der Waals surface area contributed by atoms with E-state index in [9.17, 15) is 9.18 Å². The van der Waals surface area contributed by atoms with Crippen LogP contribution >= 0.6 is 11.8 Å². The highest BCUT2D eigenvalue weighted by Crippen LogP contribution is 2.18. The molecule has 0 fully saturated rings. The van der Waals surface area contributed by atoms with Crippen molar-refractivity contribution in [3.8, 4) is 11.8 Å². The van der Waals surface area contributed by atoms with Gasteiger partial charge in [-0.2, -0.15) is 11.8 Å². The van der Waals surface area contributed by atoms with Gasteiger partial charge in [0.15, 0.2) is 0 Å². The number of carbonyl (C=O) groups is 1. The van der Waals surface area contributed by atoms with Crippen molar-refractivity contribution in [2.24, 2.45) is 0 Å². The van der Waals surface area contributed by atoms with E-state index in [1.807, 2.05) is 0 Å². The summed E-state index contributed by atoms with van der Waals surface area (Å²) in [4.78, 5) is 10.9. The summed E-state index contributed by atoms with van der Waals surface area (Å²) >= 11 is 1.55. The summed E-state index contributed by atoms with van der Waals surface area (Å²) in [6.07, 6.45) is 0.347. The van der Waals surface area contributed by atoms with Gasteiger partial charge in [0.2, 0.25) is 0 Å². The fraction of sp³-hybridized carbons (Fsp3) is 0.357. The number of methoxy groups -OCH3 is 1. The number of halogens is 1. The number of hydrogen-bond acceptors (Lipinski definition) is 4. The van der Waals surface area contributed by atoms with Crippen molar-refractivity contribution in [3.05, 3.63) is 35.1 Å². The third-order valence-electron chi connectivity index (χ3n) is 2.31. The van der Waals surface area contributed by atoms with Gasteiger partial charge in [-0.3, -0.25) is 4.79 Å². The van der Waals surface area contributed by atoms with Gasteiger partial charge in [-0.15, -0.1) is 0 Å². The summed E-state index contributed by atoms with van der Waals surface area (Å²) in [5, 5.41) is 8.67. The fourth-order valence-electron chi connectivity index (χ4n) is 1.37. The van der Waals surface area contributed by atoms with Crippen LogP contribution in [0.3, 0.4) is 0 Å². The van der Waals surface area contributed by atoms with Gasteiger partial charge in [-0.1, -0.05) is 17.9 Å². The molecule has 0 atom stereocenters. The van der Waals surface area contributed by atoms with Crippen molar-refractivity contribution in [3.63, 3.8) is 0 Å². The highest BCUT2D eigenvalue weighted by Gasteiger charge is 2.04. The predicted octanol–water partition coefficient (Wildman–Crippen LogP) is 1.97. The maximum atomic E-state index is 13.1. The van der Waals surface area contributed by atoms with Crippen LogP contribution < -0.4 is 0 Å². The Morgan fingerprint density at radius 2 is 2.32 bits per heavy atom. The number of thioether (sulfide) groups is 1. The second-order valence-electron chi connectivity index (χ2n) is 3.64. The zero-order valence-electron chi connectivity index (χ0n) is 10.6. The molecule has 102 valence electrons. The lowest BCUT2D eigenvalue weighted by molar-refractivity contribution is -0.140. The van der Waals surface area contributed by atoms with E-state index in [0.717, 1.165) is 5.56 Å². The molecule has 0 unspecified atom stereocenters. The van der Waals surface area contributed by atoms with Crippen LogP contribution in [0.5, 0.6) is 0 Å². The Morgan fingerprint density at radius 3 is 3.00 bits per heavy atom. The molecule has 0 saturated carbocycles. The summed E-state index contributed by atoms with van der Waals surface area (Å²) < 4.78 is 17.7. The van der Waals surface area contributed by atoms with Crippen LogP contribution in [-0.4, -0.2) is 30.5 Å². The van der Waals surface area contributed by atoms with Crippen molar-refractivity contribution >= 4 is 17.7 Å². The average molecular weight is 282 g/mol. The Labute approximate surface area is 116 Å². The lowest BCUT2D eigenvalue weighted by Crippen LogP contribution is -2.01. The number of carbonyl (C=O) groups excluding carboxylic acids is 1. The van der Waals surface area contributed by atoms with E-state index in [2.05, 4.69) is 16.6 Å². The molecule has 0 spiro atoms. The van der Waals surface area contributed by atoms with Crippen LogP contribution in [0.25, 0.3) is 0 Å². The molecule has 5 heteroatoms. The van der Waals surface area contributed by atoms with Crippen LogP contribution in [-0.2, 0) is 15.3 Å². The topological polar surface area (TPSA) is 46.5 Å². The maximum Gasteiger partial charge on any atom is 0.306 e. The second kappa shape index (κ2) is 8.57. The van der Waals surface area contributed by atoms with Crippen LogP contribution in [0.1, 0.15) is 17.5 Å². The van der Waals surface area contributed by atoms with Crippen LogP contribution in [0.2, 0.25) is 0 Å². The minimum Gasteiger partial charge on any atom is -0.469 e. The van der Waals surface area contributed by atoms with Gasteiger partial charge in [0, 0.05) is 17.1 Å². The molecule has 0 aromatic heterocycles. The molecule has 0 radical (unpaired) electrons. The summed E-state index contributed by atoms with van der Waals surface area (Å²) in [5.74, 6) is 5.89. The monoisotopic (exact) mass is 282 g/mol. The van der Waals surface area contributed by atoms with Gasteiger partial charge in [0.1, 0.15) is 12.4 Å². The first kappa shape index (κ1) is 15.5. The molecule has 1 aromatic carbocycles. The summed E-state index contributed by atoms with van der Waals surface area (Å²) in [7, 11) is 1.36. The number of hydrogen-bond donors (Lipinski definition) is 1. The molecule has 0 saturated heterocycles. The fourth-order valence-corrected chi connectivity index (χ4v) is 2.29. The lowest BCUT2D eigenvalue weighted by Gasteiger charge is -2.05. The molecule has 0 aliphatic rings. The Bertz CT molecular complexity index is 491. The number of esters is 1. The standard InChI is InChI=1S/C14H15FO3S/c1-18-14(17)6-8-19-10-12-4-5-13(15)9-11(12)3-2-7-16/h4-5,9,16H,6-8,10H2,1H3. The third-order valence-corrected chi connectivity index (χ3v) is 3.32. The molecule has 3 nitrogen and oxygen atoms in total. The molecule has 0 aliphatic carbocycles. The number of benzene rings is 1. The van der Waals surface area contributed by atoms with Gasteiger partial charge in [-0.25, -0.2) is 4.39 Å². The first-order valence-corrected chi connectivity index (χ1v) is 6.85. The van der Waals surface area contributed by atoms with Gasteiger partial charge >= 0.3 is 5.97 Å². The quantitative estimate of drug-likeness (QED) is 0.509. The van der Waals surface area contributed by atoms with Crippen molar-refractivity contribution < 1.29 is 19.0 Å². The van der Waals surface area contributed by atoms with E-state index in [1.54, 1.807) is 17.8 Å². The molecular weight excluding hydrogens is 267 g/mol.